The van der Waals surface area contributed by atoms with Gasteiger partial charge in [0.15, 0.2) is 0 Å². The molecular formula is C16H32N4O. The summed E-state index contributed by atoms with van der Waals surface area (Å²) in [6.07, 6.45) is 7.36. The van der Waals surface area contributed by atoms with Crippen LogP contribution in [0.1, 0.15) is 38.5 Å². The summed E-state index contributed by atoms with van der Waals surface area (Å²) in [4.78, 5) is 4.94. The van der Waals surface area contributed by atoms with E-state index < -0.39 is 0 Å². The molecule has 1 saturated carbocycles. The SMILES string of the molecule is CN1CCN(C)C(CC(NN)C2CCOC3(CCC3)C2)C1. The average molecular weight is 296 g/mol. The molecule has 1 spiro atoms. The molecule has 2 saturated heterocycles. The van der Waals surface area contributed by atoms with Gasteiger partial charge in [-0.2, -0.15) is 0 Å². The van der Waals surface area contributed by atoms with E-state index in [2.05, 4.69) is 29.3 Å². The van der Waals surface area contributed by atoms with Crippen LogP contribution >= 0.6 is 0 Å². The molecule has 3 atom stereocenters. The van der Waals surface area contributed by atoms with Crippen molar-refractivity contribution >= 4 is 0 Å². The Morgan fingerprint density at radius 2 is 2.14 bits per heavy atom. The zero-order valence-corrected chi connectivity index (χ0v) is 13.7. The van der Waals surface area contributed by atoms with Crippen LogP contribution in [0, 0.1) is 5.92 Å². The Bertz CT molecular complexity index is 347. The number of ether oxygens (including phenoxy) is 1. The molecule has 21 heavy (non-hydrogen) atoms. The molecule has 0 aromatic rings. The number of hydrazine groups is 1. The lowest BCUT2D eigenvalue weighted by Gasteiger charge is -2.49. The molecule has 0 aromatic carbocycles. The minimum Gasteiger partial charge on any atom is -0.375 e. The van der Waals surface area contributed by atoms with Gasteiger partial charge in [-0.25, -0.2) is 0 Å². The highest BCUT2D eigenvalue weighted by Crippen LogP contribution is 2.45. The molecular weight excluding hydrogens is 264 g/mol. The van der Waals surface area contributed by atoms with Gasteiger partial charge in [-0.1, -0.05) is 0 Å². The van der Waals surface area contributed by atoms with Gasteiger partial charge < -0.3 is 14.5 Å². The van der Waals surface area contributed by atoms with E-state index in [1.54, 1.807) is 0 Å². The van der Waals surface area contributed by atoms with E-state index in [0.717, 1.165) is 32.5 Å². The summed E-state index contributed by atoms with van der Waals surface area (Å²) in [7, 11) is 4.48. The Balaban J connectivity index is 1.59. The zero-order chi connectivity index (χ0) is 14.9. The van der Waals surface area contributed by atoms with Crippen LogP contribution in [0.5, 0.6) is 0 Å². The largest absolute Gasteiger partial charge is 0.375 e. The molecule has 122 valence electrons. The number of nitrogens with two attached hydrogens (primary N) is 1. The highest BCUT2D eigenvalue weighted by atomic mass is 16.5. The van der Waals surface area contributed by atoms with E-state index in [4.69, 9.17) is 10.6 Å². The van der Waals surface area contributed by atoms with Crippen molar-refractivity contribution < 1.29 is 4.74 Å². The summed E-state index contributed by atoms with van der Waals surface area (Å²) in [5.74, 6) is 6.60. The summed E-state index contributed by atoms with van der Waals surface area (Å²) < 4.78 is 6.07. The molecule has 2 heterocycles. The van der Waals surface area contributed by atoms with E-state index in [1.807, 2.05) is 0 Å². The minimum atomic E-state index is 0.216. The van der Waals surface area contributed by atoms with E-state index in [1.165, 1.54) is 32.2 Å². The number of piperazine rings is 1. The second-order valence-corrected chi connectivity index (χ2v) is 7.54. The fraction of sp³-hybridized carbons (Fsp3) is 1.00. The Hall–Kier alpha value is -0.200. The third kappa shape index (κ3) is 3.42. The van der Waals surface area contributed by atoms with Crippen molar-refractivity contribution in [1.82, 2.24) is 15.2 Å². The highest BCUT2D eigenvalue weighted by molar-refractivity contribution is 4.97. The van der Waals surface area contributed by atoms with Gasteiger partial charge in [-0.15, -0.1) is 0 Å². The molecule has 0 amide bonds. The second-order valence-electron chi connectivity index (χ2n) is 7.54. The number of nitrogens with one attached hydrogen (secondary N) is 1. The molecule has 0 aromatic heterocycles. The molecule has 0 bridgehead atoms. The van der Waals surface area contributed by atoms with Crippen molar-refractivity contribution in [2.24, 2.45) is 11.8 Å². The van der Waals surface area contributed by atoms with Gasteiger partial charge in [0.1, 0.15) is 0 Å². The Kier molecular flexibility index (Phi) is 4.86. The summed E-state index contributed by atoms with van der Waals surface area (Å²) in [5.41, 5.74) is 3.36. The van der Waals surface area contributed by atoms with Crippen molar-refractivity contribution in [3.05, 3.63) is 0 Å². The van der Waals surface area contributed by atoms with Crippen molar-refractivity contribution in [3.63, 3.8) is 0 Å². The topological polar surface area (TPSA) is 53.8 Å². The van der Waals surface area contributed by atoms with Gasteiger partial charge in [-0.05, 0) is 58.5 Å². The molecule has 3 fully saturated rings. The number of nitrogens with zero attached hydrogens (tertiary/aromatic N) is 2. The first kappa shape index (κ1) is 15.7. The first-order valence-corrected chi connectivity index (χ1v) is 8.61. The fourth-order valence-corrected chi connectivity index (χ4v) is 4.37. The van der Waals surface area contributed by atoms with Gasteiger partial charge in [-0.3, -0.25) is 11.3 Å². The number of hydrogen-bond donors (Lipinski definition) is 2. The van der Waals surface area contributed by atoms with Crippen molar-refractivity contribution in [2.45, 2.75) is 56.2 Å². The van der Waals surface area contributed by atoms with Gasteiger partial charge in [0, 0.05) is 38.3 Å². The van der Waals surface area contributed by atoms with Crippen LogP contribution in [0.4, 0.5) is 0 Å². The van der Waals surface area contributed by atoms with Crippen LogP contribution in [0.3, 0.4) is 0 Å². The van der Waals surface area contributed by atoms with Crippen molar-refractivity contribution in [1.29, 1.82) is 0 Å². The molecule has 3 unspecified atom stereocenters. The quantitative estimate of drug-likeness (QED) is 0.594. The maximum Gasteiger partial charge on any atom is 0.0685 e. The van der Waals surface area contributed by atoms with Crippen molar-refractivity contribution in [3.8, 4) is 0 Å². The normalized spacial score (nSPS) is 35.6. The Labute approximate surface area is 129 Å². The van der Waals surface area contributed by atoms with Gasteiger partial charge >= 0.3 is 0 Å². The van der Waals surface area contributed by atoms with Crippen LogP contribution in [-0.4, -0.2) is 67.8 Å². The Morgan fingerprint density at radius 3 is 2.81 bits per heavy atom. The van der Waals surface area contributed by atoms with E-state index >= 15 is 0 Å². The number of rotatable bonds is 4. The first-order valence-electron chi connectivity index (χ1n) is 8.61. The van der Waals surface area contributed by atoms with E-state index in [9.17, 15) is 0 Å². The summed E-state index contributed by atoms with van der Waals surface area (Å²) in [6.45, 7) is 4.41. The summed E-state index contributed by atoms with van der Waals surface area (Å²) in [5, 5.41) is 0. The van der Waals surface area contributed by atoms with Crippen LogP contribution in [0.2, 0.25) is 0 Å². The third-order valence-corrected chi connectivity index (χ3v) is 6.09. The van der Waals surface area contributed by atoms with Gasteiger partial charge in [0.2, 0.25) is 0 Å². The highest BCUT2D eigenvalue weighted by Gasteiger charge is 2.44. The molecule has 5 heteroatoms. The fourth-order valence-electron chi connectivity index (χ4n) is 4.37. The lowest BCUT2D eigenvalue weighted by Crippen LogP contribution is -2.56. The van der Waals surface area contributed by atoms with Crippen molar-refractivity contribution in [2.75, 3.05) is 40.3 Å². The zero-order valence-electron chi connectivity index (χ0n) is 13.7. The molecule has 5 nitrogen and oxygen atoms in total. The maximum absolute atomic E-state index is 6.07. The smallest absolute Gasteiger partial charge is 0.0685 e. The summed E-state index contributed by atoms with van der Waals surface area (Å²) in [6, 6.07) is 1.04. The minimum absolute atomic E-state index is 0.216. The lowest BCUT2D eigenvalue weighted by molar-refractivity contribution is -0.148. The molecule has 2 aliphatic heterocycles. The molecule has 3 N–H and O–H groups in total. The standard InChI is InChI=1S/C16H32N4O/c1-19-7-8-20(2)14(12-19)10-15(18-17)13-4-9-21-16(11-13)5-3-6-16/h13-15,18H,3-12,17H2,1-2H3. The Morgan fingerprint density at radius 1 is 1.33 bits per heavy atom. The molecule has 3 aliphatic rings. The molecule has 0 radical (unpaired) electrons. The maximum atomic E-state index is 6.07. The van der Waals surface area contributed by atoms with Gasteiger partial charge in [0.05, 0.1) is 5.60 Å². The molecule has 3 rings (SSSR count). The lowest BCUT2D eigenvalue weighted by atomic mass is 9.70. The number of likely N-dealkylation sites (N-methyl/N-ethyl adjacent to an activating group) is 2. The van der Waals surface area contributed by atoms with Crippen LogP contribution in [0.25, 0.3) is 0 Å². The van der Waals surface area contributed by atoms with E-state index in [-0.39, 0.29) is 5.60 Å². The monoisotopic (exact) mass is 296 g/mol. The van der Waals surface area contributed by atoms with Crippen LogP contribution in [-0.2, 0) is 4.74 Å². The first-order chi connectivity index (χ1) is 10.1. The summed E-state index contributed by atoms with van der Waals surface area (Å²) >= 11 is 0. The predicted octanol–water partition coefficient (Wildman–Crippen LogP) is 0.804. The van der Waals surface area contributed by atoms with Gasteiger partial charge in [0.25, 0.3) is 0 Å². The third-order valence-electron chi connectivity index (χ3n) is 6.09. The molecule has 1 aliphatic carbocycles. The second kappa shape index (κ2) is 6.50. The van der Waals surface area contributed by atoms with Crippen LogP contribution < -0.4 is 11.3 Å². The number of hydrogen-bond acceptors (Lipinski definition) is 5. The van der Waals surface area contributed by atoms with E-state index in [0.29, 0.717) is 18.0 Å². The predicted molar refractivity (Wildman–Crippen MR) is 84.9 cm³/mol. The average Bonchev–Trinajstić information content (AvgIpc) is 2.46. The van der Waals surface area contributed by atoms with Crippen LogP contribution in [0.15, 0.2) is 0 Å².